The van der Waals surface area contributed by atoms with Crippen LogP contribution in [-0.2, 0) is 0 Å². The molecule has 0 fully saturated rings. The number of nitrogens with zero attached hydrogens (tertiary/aromatic N) is 5. The third-order valence-corrected chi connectivity index (χ3v) is 2.18. The highest BCUT2D eigenvalue weighted by atomic mass is 16.1. The van der Waals surface area contributed by atoms with Gasteiger partial charge in [-0.15, -0.1) is 5.10 Å². The minimum Gasteiger partial charge on any atom is -0.363 e. The third kappa shape index (κ3) is 2.12. The Morgan fingerprint density at radius 3 is 2.59 bits per heavy atom. The SMILES string of the molecule is CC(C)c1nccnc1-n1cnc(C(N)=O)n1. The number of carbonyl (C=O) groups excluding carboxylic acids is 1. The number of rotatable bonds is 3. The van der Waals surface area contributed by atoms with Crippen molar-refractivity contribution >= 4 is 5.91 Å². The first-order chi connectivity index (χ1) is 8.09. The lowest BCUT2D eigenvalue weighted by atomic mass is 10.1. The zero-order valence-electron chi connectivity index (χ0n) is 9.53. The summed E-state index contributed by atoms with van der Waals surface area (Å²) >= 11 is 0. The van der Waals surface area contributed by atoms with Crippen LogP contribution in [0.3, 0.4) is 0 Å². The van der Waals surface area contributed by atoms with Crippen molar-refractivity contribution in [3.63, 3.8) is 0 Å². The molecule has 88 valence electrons. The van der Waals surface area contributed by atoms with Gasteiger partial charge < -0.3 is 5.73 Å². The monoisotopic (exact) mass is 232 g/mol. The van der Waals surface area contributed by atoms with Gasteiger partial charge in [0.2, 0.25) is 5.82 Å². The Labute approximate surface area is 97.7 Å². The maximum absolute atomic E-state index is 10.9. The molecule has 0 saturated heterocycles. The fourth-order valence-corrected chi connectivity index (χ4v) is 1.40. The van der Waals surface area contributed by atoms with Crippen LogP contribution in [0.2, 0.25) is 0 Å². The maximum atomic E-state index is 10.9. The first-order valence-electron chi connectivity index (χ1n) is 5.12. The molecule has 1 amide bonds. The van der Waals surface area contributed by atoms with Gasteiger partial charge in [0.25, 0.3) is 5.91 Å². The van der Waals surface area contributed by atoms with E-state index in [0.717, 1.165) is 5.69 Å². The van der Waals surface area contributed by atoms with Crippen LogP contribution in [0.4, 0.5) is 0 Å². The van der Waals surface area contributed by atoms with Gasteiger partial charge in [-0.1, -0.05) is 13.8 Å². The minimum atomic E-state index is -0.668. The third-order valence-electron chi connectivity index (χ3n) is 2.18. The molecule has 0 bridgehead atoms. The molecule has 0 aliphatic rings. The molecule has 0 radical (unpaired) electrons. The Bertz CT molecular complexity index is 547. The van der Waals surface area contributed by atoms with Crippen molar-refractivity contribution < 1.29 is 4.79 Å². The summed E-state index contributed by atoms with van der Waals surface area (Å²) in [4.78, 5) is 23.1. The van der Waals surface area contributed by atoms with Crippen LogP contribution in [0, 0.1) is 0 Å². The lowest BCUT2D eigenvalue weighted by molar-refractivity contribution is 0.0990. The quantitative estimate of drug-likeness (QED) is 0.819. The van der Waals surface area contributed by atoms with Gasteiger partial charge in [0.1, 0.15) is 6.33 Å². The predicted octanol–water partition coefficient (Wildman–Crippen LogP) is 0.280. The van der Waals surface area contributed by atoms with E-state index in [1.54, 1.807) is 12.4 Å². The van der Waals surface area contributed by atoms with Crippen LogP contribution >= 0.6 is 0 Å². The van der Waals surface area contributed by atoms with Gasteiger partial charge in [-0.05, 0) is 5.92 Å². The maximum Gasteiger partial charge on any atom is 0.288 e. The van der Waals surface area contributed by atoms with Gasteiger partial charge in [-0.25, -0.2) is 14.6 Å². The standard InChI is InChI=1S/C10H12N6O/c1-6(2)7-10(13-4-3-12-7)16-5-14-9(15-16)8(11)17/h3-6H,1-2H3,(H2,11,17). The highest BCUT2D eigenvalue weighted by Crippen LogP contribution is 2.16. The van der Waals surface area contributed by atoms with Gasteiger partial charge in [0.15, 0.2) is 5.82 Å². The lowest BCUT2D eigenvalue weighted by Gasteiger charge is -2.08. The number of carbonyl (C=O) groups is 1. The number of primary amides is 1. The molecule has 7 nitrogen and oxygen atoms in total. The number of aromatic nitrogens is 5. The average molecular weight is 232 g/mol. The molecule has 0 aromatic carbocycles. The molecule has 0 saturated carbocycles. The molecule has 0 aliphatic heterocycles. The van der Waals surface area contributed by atoms with E-state index in [4.69, 9.17) is 5.73 Å². The van der Waals surface area contributed by atoms with Gasteiger partial charge in [0.05, 0.1) is 5.69 Å². The van der Waals surface area contributed by atoms with Crippen molar-refractivity contribution in [2.24, 2.45) is 5.73 Å². The molecule has 0 aliphatic carbocycles. The van der Waals surface area contributed by atoms with Gasteiger partial charge in [0, 0.05) is 12.4 Å². The van der Waals surface area contributed by atoms with E-state index in [1.807, 2.05) is 13.8 Å². The molecule has 2 heterocycles. The second-order valence-corrected chi connectivity index (χ2v) is 3.80. The van der Waals surface area contributed by atoms with E-state index in [9.17, 15) is 4.79 Å². The highest BCUT2D eigenvalue weighted by molar-refractivity contribution is 5.88. The van der Waals surface area contributed by atoms with Gasteiger partial charge in [-0.3, -0.25) is 9.78 Å². The van der Waals surface area contributed by atoms with Crippen molar-refractivity contribution in [3.8, 4) is 5.82 Å². The fourth-order valence-electron chi connectivity index (χ4n) is 1.40. The average Bonchev–Trinajstić information content (AvgIpc) is 2.78. The number of hydrogen-bond donors (Lipinski definition) is 1. The molecule has 0 spiro atoms. The molecule has 0 atom stereocenters. The summed E-state index contributed by atoms with van der Waals surface area (Å²) in [5.74, 6) is 0.0477. The molecule has 7 heteroatoms. The minimum absolute atomic E-state index is 0.0367. The topological polar surface area (TPSA) is 99.6 Å². The van der Waals surface area contributed by atoms with E-state index in [0.29, 0.717) is 5.82 Å². The van der Waals surface area contributed by atoms with Crippen LogP contribution in [-0.4, -0.2) is 30.6 Å². The molecular formula is C10H12N6O. The van der Waals surface area contributed by atoms with Crippen LogP contribution in [0.1, 0.15) is 36.1 Å². The molecule has 2 rings (SSSR count). The van der Waals surface area contributed by atoms with Crippen molar-refractivity contribution in [2.75, 3.05) is 0 Å². The molecular weight excluding hydrogens is 220 g/mol. The summed E-state index contributed by atoms with van der Waals surface area (Å²) in [6, 6.07) is 0. The highest BCUT2D eigenvalue weighted by Gasteiger charge is 2.14. The lowest BCUT2D eigenvalue weighted by Crippen LogP contribution is -2.14. The molecule has 2 aromatic heterocycles. The van der Waals surface area contributed by atoms with E-state index in [1.165, 1.54) is 11.0 Å². The summed E-state index contributed by atoms with van der Waals surface area (Å²) in [6.07, 6.45) is 4.58. The van der Waals surface area contributed by atoms with Gasteiger partial charge in [-0.2, -0.15) is 0 Å². The Morgan fingerprint density at radius 2 is 2.00 bits per heavy atom. The Morgan fingerprint density at radius 1 is 1.29 bits per heavy atom. The van der Waals surface area contributed by atoms with Crippen LogP contribution in [0.25, 0.3) is 5.82 Å². The van der Waals surface area contributed by atoms with Crippen molar-refractivity contribution in [2.45, 2.75) is 19.8 Å². The number of hydrogen-bond acceptors (Lipinski definition) is 5. The van der Waals surface area contributed by atoms with E-state index < -0.39 is 5.91 Å². The van der Waals surface area contributed by atoms with Crippen LogP contribution in [0.5, 0.6) is 0 Å². The smallest absolute Gasteiger partial charge is 0.288 e. The summed E-state index contributed by atoms with van der Waals surface area (Å²) in [7, 11) is 0. The molecule has 17 heavy (non-hydrogen) atoms. The normalized spacial score (nSPS) is 10.8. The molecule has 2 N–H and O–H groups in total. The van der Waals surface area contributed by atoms with Crippen molar-refractivity contribution in [3.05, 3.63) is 30.2 Å². The number of nitrogens with two attached hydrogens (primary N) is 1. The second kappa shape index (κ2) is 4.28. The number of amides is 1. The zero-order chi connectivity index (χ0) is 12.4. The van der Waals surface area contributed by atoms with Crippen molar-refractivity contribution in [1.82, 2.24) is 24.7 Å². The van der Waals surface area contributed by atoms with E-state index in [-0.39, 0.29) is 11.7 Å². The Kier molecular flexibility index (Phi) is 2.82. The van der Waals surface area contributed by atoms with E-state index >= 15 is 0 Å². The predicted molar refractivity (Wildman–Crippen MR) is 59.6 cm³/mol. The van der Waals surface area contributed by atoms with Crippen molar-refractivity contribution in [1.29, 1.82) is 0 Å². The molecule has 2 aromatic rings. The summed E-state index contributed by atoms with van der Waals surface area (Å²) in [6.45, 7) is 4.00. The van der Waals surface area contributed by atoms with Crippen LogP contribution < -0.4 is 5.73 Å². The van der Waals surface area contributed by atoms with Crippen LogP contribution in [0.15, 0.2) is 18.7 Å². The second-order valence-electron chi connectivity index (χ2n) is 3.80. The zero-order valence-corrected chi connectivity index (χ0v) is 9.53. The van der Waals surface area contributed by atoms with Gasteiger partial charge >= 0.3 is 0 Å². The van der Waals surface area contributed by atoms with E-state index in [2.05, 4.69) is 20.1 Å². The summed E-state index contributed by atoms with van der Waals surface area (Å²) in [5, 5.41) is 3.95. The summed E-state index contributed by atoms with van der Waals surface area (Å²) < 4.78 is 1.41. The fraction of sp³-hybridized carbons (Fsp3) is 0.300. The Balaban J connectivity index is 2.48. The summed E-state index contributed by atoms with van der Waals surface area (Å²) in [5.41, 5.74) is 5.88. The Hall–Kier alpha value is -2.31. The first kappa shape index (κ1) is 11.2. The largest absolute Gasteiger partial charge is 0.363 e. The first-order valence-corrected chi connectivity index (χ1v) is 5.12. The molecule has 0 unspecified atom stereocenters.